The molecule has 0 aliphatic rings. The number of hydrogen-bond acceptors (Lipinski definition) is 4. The van der Waals surface area contributed by atoms with Crippen molar-refractivity contribution in [1.29, 1.82) is 0 Å². The Morgan fingerprint density at radius 1 is 1.25 bits per heavy atom. The molecule has 146 valence electrons. The molecule has 0 bridgehead atoms. The molecule has 2 heterocycles. The first-order valence-corrected chi connectivity index (χ1v) is 9.33. The third kappa shape index (κ3) is 4.13. The van der Waals surface area contributed by atoms with E-state index in [1.165, 1.54) is 10.8 Å². The number of carbonyl (C=O) groups excluding carboxylic acids is 1. The minimum Gasteiger partial charge on any atom is -0.496 e. The topological polar surface area (TPSA) is 61.9 Å². The molecule has 0 saturated heterocycles. The third-order valence-electron chi connectivity index (χ3n) is 4.36. The van der Waals surface area contributed by atoms with Crippen molar-refractivity contribution < 1.29 is 9.53 Å². The maximum absolute atomic E-state index is 12.3. The van der Waals surface area contributed by atoms with E-state index in [0.717, 1.165) is 28.3 Å². The average Bonchev–Trinajstić information content (AvgIpc) is 3.13. The van der Waals surface area contributed by atoms with Crippen molar-refractivity contribution in [3.63, 3.8) is 0 Å². The molecule has 0 fully saturated rings. The van der Waals surface area contributed by atoms with Crippen LogP contribution < -0.4 is 4.74 Å². The zero-order valence-corrected chi connectivity index (χ0v) is 17.5. The zero-order valence-electron chi connectivity index (χ0n) is 16.0. The van der Waals surface area contributed by atoms with Crippen LogP contribution in [0, 0.1) is 13.8 Å². The molecular weight excluding hydrogens is 399 g/mol. The molecular formula is C20H20Cl2N4O2. The highest BCUT2D eigenvalue weighted by molar-refractivity contribution is 6.34. The highest BCUT2D eigenvalue weighted by atomic mass is 35.5. The molecule has 6 nitrogen and oxygen atoms in total. The van der Waals surface area contributed by atoms with Crippen LogP contribution in [0.2, 0.25) is 10.0 Å². The summed E-state index contributed by atoms with van der Waals surface area (Å²) in [4.78, 5) is 12.3. The molecule has 0 amide bonds. The molecule has 0 atom stereocenters. The van der Waals surface area contributed by atoms with Gasteiger partial charge in [-0.1, -0.05) is 35.3 Å². The first kappa shape index (κ1) is 20.2. The van der Waals surface area contributed by atoms with Gasteiger partial charge < -0.3 is 4.74 Å². The fourth-order valence-electron chi connectivity index (χ4n) is 2.89. The molecule has 3 aromatic rings. The highest BCUT2D eigenvalue weighted by Crippen LogP contribution is 2.25. The van der Waals surface area contributed by atoms with Gasteiger partial charge >= 0.3 is 0 Å². The van der Waals surface area contributed by atoms with Crippen molar-refractivity contribution in [2.45, 2.75) is 20.4 Å². The largest absolute Gasteiger partial charge is 0.496 e. The highest BCUT2D eigenvalue weighted by Gasteiger charge is 2.13. The second kappa shape index (κ2) is 8.20. The van der Waals surface area contributed by atoms with Gasteiger partial charge in [0.2, 0.25) is 5.78 Å². The van der Waals surface area contributed by atoms with Gasteiger partial charge in [-0.25, -0.2) is 0 Å². The summed E-state index contributed by atoms with van der Waals surface area (Å²) in [6.07, 6.45) is 4.78. The monoisotopic (exact) mass is 418 g/mol. The lowest BCUT2D eigenvalue weighted by atomic mass is 10.1. The normalized spacial score (nSPS) is 11.4. The first-order valence-electron chi connectivity index (χ1n) is 8.58. The van der Waals surface area contributed by atoms with Crippen molar-refractivity contribution in [3.05, 3.63) is 68.7 Å². The lowest BCUT2D eigenvalue weighted by Crippen LogP contribution is -2.06. The lowest BCUT2D eigenvalue weighted by molar-refractivity contribution is 0.104. The number of benzene rings is 1. The number of ether oxygens (including phenoxy) is 1. The predicted molar refractivity (Wildman–Crippen MR) is 110 cm³/mol. The number of methoxy groups -OCH3 is 1. The minimum atomic E-state index is -0.256. The quantitative estimate of drug-likeness (QED) is 0.436. The molecule has 0 aliphatic heterocycles. The van der Waals surface area contributed by atoms with E-state index >= 15 is 0 Å². The van der Waals surface area contributed by atoms with E-state index in [-0.39, 0.29) is 11.5 Å². The van der Waals surface area contributed by atoms with Gasteiger partial charge in [-0.2, -0.15) is 10.2 Å². The summed E-state index contributed by atoms with van der Waals surface area (Å²) in [6.45, 7) is 4.30. The smallest absolute Gasteiger partial charge is 0.207 e. The van der Waals surface area contributed by atoms with Crippen LogP contribution in [0.5, 0.6) is 5.75 Å². The van der Waals surface area contributed by atoms with Crippen LogP contribution in [0.25, 0.3) is 6.08 Å². The van der Waals surface area contributed by atoms with Crippen molar-refractivity contribution >= 4 is 35.1 Å². The Bertz CT molecular complexity index is 1070. The SMILES string of the molecule is COc1ccc(/C=C/C(=O)c2nn(C)cc2Cl)cc1Cn1nc(C)c(Cl)c1C. The van der Waals surface area contributed by atoms with E-state index in [1.54, 1.807) is 26.4 Å². The second-order valence-electron chi connectivity index (χ2n) is 6.41. The molecule has 1 aromatic carbocycles. The minimum absolute atomic E-state index is 0.228. The Hall–Kier alpha value is -2.57. The van der Waals surface area contributed by atoms with Crippen LogP contribution >= 0.6 is 23.2 Å². The molecule has 0 saturated carbocycles. The number of carbonyl (C=O) groups is 1. The molecule has 8 heteroatoms. The Balaban J connectivity index is 1.87. The van der Waals surface area contributed by atoms with E-state index in [1.807, 2.05) is 36.7 Å². The number of aryl methyl sites for hydroxylation is 2. The van der Waals surface area contributed by atoms with E-state index in [9.17, 15) is 4.79 Å². The molecule has 0 unspecified atom stereocenters. The summed E-state index contributed by atoms with van der Waals surface area (Å²) >= 11 is 12.3. The summed E-state index contributed by atoms with van der Waals surface area (Å²) in [5, 5.41) is 9.54. The maximum Gasteiger partial charge on any atom is 0.207 e. The summed E-state index contributed by atoms with van der Waals surface area (Å²) in [5.74, 6) is 0.480. The van der Waals surface area contributed by atoms with E-state index < -0.39 is 0 Å². The van der Waals surface area contributed by atoms with E-state index in [2.05, 4.69) is 10.2 Å². The standard InChI is InChI=1S/C20H20Cl2N4O2/c1-12-19(22)13(2)26(23-12)10-15-9-14(6-8-18(15)28-4)5-7-17(27)20-16(21)11-25(3)24-20/h5-9,11H,10H2,1-4H3/b7-5+. The molecule has 3 rings (SSSR count). The van der Waals surface area contributed by atoms with Crippen molar-refractivity contribution in [2.75, 3.05) is 7.11 Å². The Morgan fingerprint density at radius 2 is 2.00 bits per heavy atom. The number of allylic oxidation sites excluding steroid dienone is 1. The Labute approximate surface area is 173 Å². The second-order valence-corrected chi connectivity index (χ2v) is 7.20. The van der Waals surface area contributed by atoms with Crippen LogP contribution in [-0.4, -0.2) is 32.5 Å². The van der Waals surface area contributed by atoms with Crippen LogP contribution in [0.15, 0.2) is 30.5 Å². The van der Waals surface area contributed by atoms with Crippen molar-refractivity contribution in [2.24, 2.45) is 7.05 Å². The first-order chi connectivity index (χ1) is 13.3. The summed E-state index contributed by atoms with van der Waals surface area (Å²) < 4.78 is 8.81. The number of nitrogens with zero attached hydrogens (tertiary/aromatic N) is 4. The van der Waals surface area contributed by atoms with Gasteiger partial charge in [0, 0.05) is 18.8 Å². The fourth-order valence-corrected chi connectivity index (χ4v) is 3.30. The van der Waals surface area contributed by atoms with E-state index in [0.29, 0.717) is 16.6 Å². The molecule has 0 spiro atoms. The maximum atomic E-state index is 12.3. The van der Waals surface area contributed by atoms with Gasteiger partial charge in [0.05, 0.1) is 35.1 Å². The number of rotatable bonds is 6. The van der Waals surface area contributed by atoms with Gasteiger partial charge in [-0.15, -0.1) is 0 Å². The van der Waals surface area contributed by atoms with Crippen LogP contribution in [-0.2, 0) is 13.6 Å². The van der Waals surface area contributed by atoms with Crippen LogP contribution in [0.1, 0.15) is 33.0 Å². The fraction of sp³-hybridized carbons (Fsp3) is 0.250. The third-order valence-corrected chi connectivity index (χ3v) is 5.19. The predicted octanol–water partition coefficient (Wildman–Crippen LogP) is 4.49. The van der Waals surface area contributed by atoms with Gasteiger partial charge in [0.1, 0.15) is 5.75 Å². The number of halogens is 2. The molecule has 0 aliphatic carbocycles. The summed E-state index contributed by atoms with van der Waals surface area (Å²) in [6, 6.07) is 5.69. The molecule has 2 aromatic heterocycles. The molecule has 0 N–H and O–H groups in total. The summed E-state index contributed by atoms with van der Waals surface area (Å²) in [5.41, 5.74) is 3.68. The number of ketones is 1. The van der Waals surface area contributed by atoms with E-state index in [4.69, 9.17) is 27.9 Å². The van der Waals surface area contributed by atoms with Gasteiger partial charge in [0.25, 0.3) is 0 Å². The van der Waals surface area contributed by atoms with Gasteiger partial charge in [-0.05, 0) is 37.6 Å². The van der Waals surface area contributed by atoms with Crippen molar-refractivity contribution in [3.8, 4) is 5.75 Å². The molecule has 28 heavy (non-hydrogen) atoms. The number of aromatic nitrogens is 4. The average molecular weight is 419 g/mol. The van der Waals surface area contributed by atoms with Gasteiger partial charge in [-0.3, -0.25) is 14.2 Å². The van der Waals surface area contributed by atoms with Crippen LogP contribution in [0.4, 0.5) is 0 Å². The van der Waals surface area contributed by atoms with Crippen molar-refractivity contribution in [1.82, 2.24) is 19.6 Å². The Kier molecular flexibility index (Phi) is 5.91. The lowest BCUT2D eigenvalue weighted by Gasteiger charge is -2.11. The zero-order chi connectivity index (χ0) is 20.4. The van der Waals surface area contributed by atoms with Crippen LogP contribution in [0.3, 0.4) is 0 Å². The Morgan fingerprint density at radius 3 is 2.57 bits per heavy atom. The summed E-state index contributed by atoms with van der Waals surface area (Å²) in [7, 11) is 3.34. The number of hydrogen-bond donors (Lipinski definition) is 0. The van der Waals surface area contributed by atoms with Gasteiger partial charge in [0.15, 0.2) is 5.69 Å². The molecule has 0 radical (unpaired) electrons.